The molecule has 0 radical (unpaired) electrons. The molecule has 130 valence electrons. The first-order chi connectivity index (χ1) is 10.6. The molecule has 0 unspecified atom stereocenters. The van der Waals surface area contributed by atoms with Crippen LogP contribution in [0.3, 0.4) is 0 Å². The van der Waals surface area contributed by atoms with Gasteiger partial charge in [-0.3, -0.25) is 0 Å². The zero-order valence-corrected chi connectivity index (χ0v) is 16.2. The van der Waals surface area contributed by atoms with Crippen LogP contribution in [-0.4, -0.2) is 41.7 Å². The number of benzene rings is 1. The first-order valence-corrected chi connectivity index (χ1v) is 10.6. The van der Waals surface area contributed by atoms with Crippen LogP contribution < -0.4 is 9.47 Å². The summed E-state index contributed by atoms with van der Waals surface area (Å²) in [7, 11) is 1.09. The summed E-state index contributed by atoms with van der Waals surface area (Å²) in [5.74, 6) is 0.627. The van der Waals surface area contributed by atoms with E-state index in [0.717, 1.165) is 0 Å². The maximum Gasteiger partial charge on any atom is 0.341 e. The quantitative estimate of drug-likeness (QED) is 0.428. The van der Waals surface area contributed by atoms with Crippen LogP contribution in [0, 0.1) is 0 Å². The first-order valence-electron chi connectivity index (χ1n) is 7.65. The summed E-state index contributed by atoms with van der Waals surface area (Å²) in [5, 5.41) is 0.179. The van der Waals surface area contributed by atoms with Crippen LogP contribution in [0.1, 0.15) is 31.1 Å². The molecule has 0 aliphatic heterocycles. The third-order valence-electron chi connectivity index (χ3n) is 4.20. The lowest BCUT2D eigenvalue weighted by atomic mass is 10.2. The average molecular weight is 340 g/mol. The highest BCUT2D eigenvalue weighted by molar-refractivity contribution is 6.74. The predicted molar refractivity (Wildman–Crippen MR) is 93.0 cm³/mol. The number of hydrogen-bond acceptors (Lipinski definition) is 5. The number of hydrogen-bond donors (Lipinski definition) is 0. The summed E-state index contributed by atoms with van der Waals surface area (Å²) in [6.45, 7) is 12.0. The second-order valence-electron chi connectivity index (χ2n) is 6.81. The summed E-state index contributed by atoms with van der Waals surface area (Å²) < 4.78 is 21.7. The van der Waals surface area contributed by atoms with Crippen molar-refractivity contribution in [2.24, 2.45) is 0 Å². The van der Waals surface area contributed by atoms with E-state index >= 15 is 0 Å². The molecule has 0 bridgehead atoms. The molecular weight excluding hydrogens is 312 g/mol. The molecule has 5 nitrogen and oxygen atoms in total. The molecule has 0 fully saturated rings. The van der Waals surface area contributed by atoms with Crippen molar-refractivity contribution in [1.82, 2.24) is 0 Å². The monoisotopic (exact) mass is 340 g/mol. The van der Waals surface area contributed by atoms with Crippen LogP contribution in [0.4, 0.5) is 0 Å². The molecule has 0 aliphatic rings. The lowest BCUT2D eigenvalue weighted by Crippen LogP contribution is -2.41. The Hall–Kier alpha value is -1.53. The fourth-order valence-electron chi connectivity index (χ4n) is 1.71. The van der Waals surface area contributed by atoms with Crippen LogP contribution in [0.5, 0.6) is 11.5 Å². The van der Waals surface area contributed by atoms with Crippen LogP contribution >= 0.6 is 0 Å². The normalized spacial score (nSPS) is 12.0. The van der Waals surface area contributed by atoms with Crippen molar-refractivity contribution < 1.29 is 23.4 Å². The summed E-state index contributed by atoms with van der Waals surface area (Å²) in [4.78, 5) is 11.6. The molecule has 1 aromatic carbocycles. The van der Waals surface area contributed by atoms with Crippen molar-refractivity contribution >= 4 is 14.3 Å². The Bertz CT molecular complexity index is 534. The molecule has 0 amide bonds. The van der Waals surface area contributed by atoms with E-state index in [1.807, 2.05) is 0 Å². The highest BCUT2D eigenvalue weighted by Gasteiger charge is 2.36. The van der Waals surface area contributed by atoms with E-state index in [1.165, 1.54) is 14.2 Å². The molecule has 0 heterocycles. The van der Waals surface area contributed by atoms with Crippen molar-refractivity contribution in [2.75, 3.05) is 27.4 Å². The van der Waals surface area contributed by atoms with Crippen LogP contribution in [0.25, 0.3) is 0 Å². The van der Waals surface area contributed by atoms with Gasteiger partial charge in [0, 0.05) is 6.07 Å². The number of carbonyl (C=O) groups is 1. The second-order valence-corrected chi connectivity index (χ2v) is 11.6. The standard InChI is InChI=1S/C17H28O5Si/c1-17(2,3)23(6,7)22-11-10-21-13-8-9-14(16(18)20-5)15(12-13)19-4/h8-9,12H,10-11H2,1-7H3. The smallest absolute Gasteiger partial charge is 0.341 e. The molecule has 1 rings (SSSR count). The van der Waals surface area contributed by atoms with Crippen LogP contribution in [-0.2, 0) is 9.16 Å². The number of carbonyl (C=O) groups excluding carboxylic acids is 1. The maximum atomic E-state index is 11.6. The van der Waals surface area contributed by atoms with E-state index in [0.29, 0.717) is 30.3 Å². The van der Waals surface area contributed by atoms with Crippen LogP contribution in [0.15, 0.2) is 18.2 Å². The van der Waals surface area contributed by atoms with Gasteiger partial charge in [-0.15, -0.1) is 0 Å². The predicted octanol–water partition coefficient (Wildman–Crippen LogP) is 3.88. The minimum atomic E-state index is -1.76. The molecule has 0 aliphatic carbocycles. The van der Waals surface area contributed by atoms with Crippen LogP contribution in [0.2, 0.25) is 18.1 Å². The second kappa shape index (κ2) is 7.83. The molecule has 0 saturated heterocycles. The van der Waals surface area contributed by atoms with E-state index in [4.69, 9.17) is 18.6 Å². The van der Waals surface area contributed by atoms with Gasteiger partial charge in [0.1, 0.15) is 23.7 Å². The molecule has 0 saturated carbocycles. The van der Waals surface area contributed by atoms with Crippen molar-refractivity contribution in [2.45, 2.75) is 38.9 Å². The van der Waals surface area contributed by atoms with Gasteiger partial charge in [-0.25, -0.2) is 4.79 Å². The van der Waals surface area contributed by atoms with Crippen molar-refractivity contribution in [3.05, 3.63) is 23.8 Å². The summed E-state index contributed by atoms with van der Waals surface area (Å²) in [5.41, 5.74) is 0.375. The molecular formula is C17H28O5Si. The number of methoxy groups -OCH3 is 2. The van der Waals surface area contributed by atoms with Crippen molar-refractivity contribution in [3.63, 3.8) is 0 Å². The Kier molecular flexibility index (Phi) is 6.65. The average Bonchev–Trinajstić information content (AvgIpc) is 2.49. The van der Waals surface area contributed by atoms with Gasteiger partial charge in [-0.2, -0.15) is 0 Å². The molecule has 0 aromatic heterocycles. The highest BCUT2D eigenvalue weighted by atomic mass is 28.4. The van der Waals surface area contributed by atoms with Gasteiger partial charge in [-0.05, 0) is 30.3 Å². The molecule has 0 atom stereocenters. The zero-order chi connectivity index (χ0) is 17.7. The Morgan fingerprint density at radius 1 is 1.13 bits per heavy atom. The molecule has 1 aromatic rings. The Balaban J connectivity index is 2.61. The number of ether oxygens (including phenoxy) is 3. The van der Waals surface area contributed by atoms with Gasteiger partial charge in [0.2, 0.25) is 0 Å². The van der Waals surface area contributed by atoms with E-state index in [1.54, 1.807) is 18.2 Å². The maximum absolute atomic E-state index is 11.6. The van der Waals surface area contributed by atoms with Gasteiger partial charge < -0.3 is 18.6 Å². The molecule has 0 spiro atoms. The van der Waals surface area contributed by atoms with Gasteiger partial charge in [-0.1, -0.05) is 20.8 Å². The first kappa shape index (κ1) is 19.5. The minimum absolute atomic E-state index is 0.179. The minimum Gasteiger partial charge on any atom is -0.496 e. The molecule has 6 heteroatoms. The van der Waals surface area contributed by atoms with E-state index < -0.39 is 14.3 Å². The molecule has 0 N–H and O–H groups in total. The number of esters is 1. The topological polar surface area (TPSA) is 54.0 Å². The largest absolute Gasteiger partial charge is 0.496 e. The zero-order valence-electron chi connectivity index (χ0n) is 15.2. The highest BCUT2D eigenvalue weighted by Crippen LogP contribution is 2.36. The Labute approximate surface area is 140 Å². The SMILES string of the molecule is COC(=O)c1ccc(OCCO[Si](C)(C)C(C)(C)C)cc1OC. The van der Waals surface area contributed by atoms with Gasteiger partial charge >= 0.3 is 5.97 Å². The fraction of sp³-hybridized carbons (Fsp3) is 0.588. The van der Waals surface area contributed by atoms with Gasteiger partial charge in [0.05, 0.1) is 20.8 Å². The molecule has 23 heavy (non-hydrogen) atoms. The van der Waals surface area contributed by atoms with Gasteiger partial charge in [0.25, 0.3) is 0 Å². The van der Waals surface area contributed by atoms with Crippen molar-refractivity contribution in [1.29, 1.82) is 0 Å². The summed E-state index contributed by atoms with van der Waals surface area (Å²) >= 11 is 0. The Morgan fingerprint density at radius 2 is 1.78 bits per heavy atom. The van der Waals surface area contributed by atoms with E-state index in [9.17, 15) is 4.79 Å². The number of rotatable bonds is 7. The summed E-state index contributed by atoms with van der Waals surface area (Å²) in [6.07, 6.45) is 0. The lowest BCUT2D eigenvalue weighted by molar-refractivity contribution is 0.0597. The summed E-state index contributed by atoms with van der Waals surface area (Å²) in [6, 6.07) is 5.04. The van der Waals surface area contributed by atoms with Gasteiger partial charge in [0.15, 0.2) is 8.32 Å². The third-order valence-corrected chi connectivity index (χ3v) is 8.74. The van der Waals surface area contributed by atoms with E-state index in [2.05, 4.69) is 33.9 Å². The Morgan fingerprint density at radius 3 is 2.30 bits per heavy atom. The van der Waals surface area contributed by atoms with Crippen molar-refractivity contribution in [3.8, 4) is 11.5 Å². The van der Waals surface area contributed by atoms with E-state index in [-0.39, 0.29) is 5.04 Å². The lowest BCUT2D eigenvalue weighted by Gasteiger charge is -2.36. The fourth-order valence-corrected chi connectivity index (χ4v) is 2.74. The third kappa shape index (κ3) is 5.25.